The smallest absolute Gasteiger partial charge is 0.0738 e. The average molecular weight is 314 g/mol. The van der Waals surface area contributed by atoms with Crippen molar-refractivity contribution in [3.63, 3.8) is 0 Å². The van der Waals surface area contributed by atoms with Crippen molar-refractivity contribution in [1.82, 2.24) is 9.78 Å². The standard InChI is InChI=1S/C14H24BrN3/c1-4-18-13(14(15)10(3)17-18)8-12(16)11-6-5-9(2)7-11/h9,11-12H,4-8,16H2,1-3H3. The van der Waals surface area contributed by atoms with Crippen LogP contribution < -0.4 is 5.73 Å². The molecule has 1 aromatic rings. The molecule has 3 unspecified atom stereocenters. The Morgan fingerprint density at radius 2 is 2.22 bits per heavy atom. The minimum atomic E-state index is 0.271. The van der Waals surface area contributed by atoms with E-state index in [1.54, 1.807) is 0 Å². The van der Waals surface area contributed by atoms with Crippen LogP contribution in [0.5, 0.6) is 0 Å². The van der Waals surface area contributed by atoms with E-state index in [0.29, 0.717) is 5.92 Å². The first-order chi connectivity index (χ1) is 8.52. The maximum atomic E-state index is 6.41. The van der Waals surface area contributed by atoms with Gasteiger partial charge in [0, 0.05) is 19.0 Å². The molecule has 4 heteroatoms. The normalized spacial score (nSPS) is 25.6. The van der Waals surface area contributed by atoms with Crippen LogP contribution in [0.3, 0.4) is 0 Å². The first-order valence-electron chi connectivity index (χ1n) is 7.00. The van der Waals surface area contributed by atoms with Crippen molar-refractivity contribution in [2.75, 3.05) is 0 Å². The second-order valence-electron chi connectivity index (χ2n) is 5.71. The molecule has 0 radical (unpaired) electrons. The fourth-order valence-electron chi connectivity index (χ4n) is 3.09. The summed E-state index contributed by atoms with van der Waals surface area (Å²) in [6.07, 6.45) is 4.86. The molecule has 1 aliphatic rings. The fraction of sp³-hybridized carbons (Fsp3) is 0.786. The summed E-state index contributed by atoms with van der Waals surface area (Å²) >= 11 is 3.65. The number of rotatable bonds is 4. The van der Waals surface area contributed by atoms with Gasteiger partial charge in [-0.3, -0.25) is 4.68 Å². The van der Waals surface area contributed by atoms with E-state index in [-0.39, 0.29) is 6.04 Å². The summed E-state index contributed by atoms with van der Waals surface area (Å²) in [4.78, 5) is 0. The highest BCUT2D eigenvalue weighted by atomic mass is 79.9. The summed E-state index contributed by atoms with van der Waals surface area (Å²) in [5, 5.41) is 4.54. The number of aryl methyl sites for hydroxylation is 2. The monoisotopic (exact) mass is 313 g/mol. The fourth-order valence-corrected chi connectivity index (χ4v) is 3.54. The molecule has 3 atom stereocenters. The first kappa shape index (κ1) is 14.1. The highest BCUT2D eigenvalue weighted by Gasteiger charge is 2.28. The molecule has 0 saturated heterocycles. The van der Waals surface area contributed by atoms with Gasteiger partial charge in [0.05, 0.1) is 15.9 Å². The summed E-state index contributed by atoms with van der Waals surface area (Å²) < 4.78 is 3.23. The molecule has 1 heterocycles. The summed E-state index contributed by atoms with van der Waals surface area (Å²) in [6.45, 7) is 7.42. The Morgan fingerprint density at radius 1 is 1.50 bits per heavy atom. The van der Waals surface area contributed by atoms with Crippen molar-refractivity contribution < 1.29 is 0 Å². The minimum absolute atomic E-state index is 0.271. The molecule has 1 aromatic heterocycles. The van der Waals surface area contributed by atoms with Crippen LogP contribution in [0.4, 0.5) is 0 Å². The maximum Gasteiger partial charge on any atom is 0.0738 e. The molecule has 0 aliphatic heterocycles. The summed E-state index contributed by atoms with van der Waals surface area (Å²) in [5.74, 6) is 1.54. The van der Waals surface area contributed by atoms with Crippen LogP contribution in [0.25, 0.3) is 0 Å². The van der Waals surface area contributed by atoms with Crippen LogP contribution in [-0.4, -0.2) is 15.8 Å². The third kappa shape index (κ3) is 2.80. The molecule has 1 saturated carbocycles. The zero-order chi connectivity index (χ0) is 13.3. The molecule has 0 spiro atoms. The predicted molar refractivity (Wildman–Crippen MR) is 78.5 cm³/mol. The molecule has 0 bridgehead atoms. The average Bonchev–Trinajstić information content (AvgIpc) is 2.88. The summed E-state index contributed by atoms with van der Waals surface area (Å²) in [7, 11) is 0. The van der Waals surface area contributed by atoms with Gasteiger partial charge in [0.1, 0.15) is 0 Å². The van der Waals surface area contributed by atoms with E-state index in [1.807, 2.05) is 6.92 Å². The largest absolute Gasteiger partial charge is 0.327 e. The van der Waals surface area contributed by atoms with E-state index < -0.39 is 0 Å². The molecule has 18 heavy (non-hydrogen) atoms. The molecular formula is C14H24BrN3. The Morgan fingerprint density at radius 3 is 2.78 bits per heavy atom. The molecule has 2 N–H and O–H groups in total. The lowest BCUT2D eigenvalue weighted by Crippen LogP contribution is -2.32. The van der Waals surface area contributed by atoms with Crippen molar-refractivity contribution in [2.24, 2.45) is 17.6 Å². The molecule has 3 nitrogen and oxygen atoms in total. The highest BCUT2D eigenvalue weighted by Crippen LogP contribution is 2.33. The third-order valence-corrected chi connectivity index (χ3v) is 5.25. The summed E-state index contributed by atoms with van der Waals surface area (Å²) in [6, 6.07) is 0.271. The van der Waals surface area contributed by atoms with Crippen molar-refractivity contribution in [1.29, 1.82) is 0 Å². The van der Waals surface area contributed by atoms with E-state index >= 15 is 0 Å². The van der Waals surface area contributed by atoms with Gasteiger partial charge in [-0.1, -0.05) is 13.3 Å². The first-order valence-corrected chi connectivity index (χ1v) is 7.79. The lowest BCUT2D eigenvalue weighted by Gasteiger charge is -2.19. The Bertz CT molecular complexity index is 413. The number of nitrogens with zero attached hydrogens (tertiary/aromatic N) is 2. The number of aromatic nitrogens is 2. The Balaban J connectivity index is 2.09. The number of nitrogens with two attached hydrogens (primary N) is 1. The molecule has 0 aromatic carbocycles. The van der Waals surface area contributed by atoms with Gasteiger partial charge in [-0.25, -0.2) is 0 Å². The zero-order valence-corrected chi connectivity index (χ0v) is 13.2. The van der Waals surface area contributed by atoms with Gasteiger partial charge < -0.3 is 5.73 Å². The zero-order valence-electron chi connectivity index (χ0n) is 11.6. The van der Waals surface area contributed by atoms with Crippen LogP contribution in [0.2, 0.25) is 0 Å². The Hall–Kier alpha value is -0.350. The molecular weight excluding hydrogens is 290 g/mol. The van der Waals surface area contributed by atoms with Gasteiger partial charge in [0.2, 0.25) is 0 Å². The van der Waals surface area contributed by atoms with E-state index in [2.05, 4.69) is 39.6 Å². The van der Waals surface area contributed by atoms with Crippen LogP contribution in [0.1, 0.15) is 44.5 Å². The van der Waals surface area contributed by atoms with Crippen LogP contribution in [0.15, 0.2) is 4.47 Å². The lowest BCUT2D eigenvalue weighted by atomic mass is 9.94. The molecule has 102 valence electrons. The van der Waals surface area contributed by atoms with E-state index in [1.165, 1.54) is 25.0 Å². The molecule has 1 aliphatic carbocycles. The van der Waals surface area contributed by atoms with E-state index in [9.17, 15) is 0 Å². The van der Waals surface area contributed by atoms with E-state index in [4.69, 9.17) is 5.73 Å². The summed E-state index contributed by atoms with van der Waals surface area (Å²) in [5.41, 5.74) is 8.75. The van der Waals surface area contributed by atoms with Gasteiger partial charge in [0.25, 0.3) is 0 Å². The SMILES string of the molecule is CCn1nc(C)c(Br)c1CC(N)C1CCC(C)C1. The number of hydrogen-bond donors (Lipinski definition) is 1. The van der Waals surface area contributed by atoms with Crippen molar-refractivity contribution in [2.45, 2.75) is 59.0 Å². The molecule has 0 amide bonds. The quantitative estimate of drug-likeness (QED) is 0.927. The Labute approximate surface area is 118 Å². The molecule has 1 fully saturated rings. The second kappa shape index (κ2) is 5.74. The van der Waals surface area contributed by atoms with Gasteiger partial charge in [-0.05, 0) is 54.5 Å². The molecule has 2 rings (SSSR count). The highest BCUT2D eigenvalue weighted by molar-refractivity contribution is 9.10. The maximum absolute atomic E-state index is 6.41. The van der Waals surface area contributed by atoms with Gasteiger partial charge in [0.15, 0.2) is 0 Å². The third-order valence-electron chi connectivity index (χ3n) is 4.22. The topological polar surface area (TPSA) is 43.8 Å². The van der Waals surface area contributed by atoms with Gasteiger partial charge >= 0.3 is 0 Å². The lowest BCUT2D eigenvalue weighted by molar-refractivity contribution is 0.405. The minimum Gasteiger partial charge on any atom is -0.327 e. The van der Waals surface area contributed by atoms with E-state index in [0.717, 1.165) is 29.1 Å². The van der Waals surface area contributed by atoms with Crippen molar-refractivity contribution in [3.8, 4) is 0 Å². The van der Waals surface area contributed by atoms with Crippen LogP contribution in [0, 0.1) is 18.8 Å². The van der Waals surface area contributed by atoms with Crippen LogP contribution in [-0.2, 0) is 13.0 Å². The predicted octanol–water partition coefficient (Wildman–Crippen LogP) is 3.28. The van der Waals surface area contributed by atoms with Gasteiger partial charge in [-0.15, -0.1) is 0 Å². The van der Waals surface area contributed by atoms with Gasteiger partial charge in [-0.2, -0.15) is 5.10 Å². The van der Waals surface area contributed by atoms with Crippen molar-refractivity contribution >= 4 is 15.9 Å². The number of hydrogen-bond acceptors (Lipinski definition) is 2. The number of halogens is 1. The second-order valence-corrected chi connectivity index (χ2v) is 6.50. The van der Waals surface area contributed by atoms with Crippen molar-refractivity contribution in [3.05, 3.63) is 15.9 Å². The Kier molecular flexibility index (Phi) is 4.49. The van der Waals surface area contributed by atoms with Crippen LogP contribution >= 0.6 is 15.9 Å².